The summed E-state index contributed by atoms with van der Waals surface area (Å²) in [6.45, 7) is 0.0784. The number of rotatable bonds is 5. The number of H-pyrrole nitrogens is 1. The van der Waals surface area contributed by atoms with E-state index in [0.717, 1.165) is 0 Å². The lowest BCUT2D eigenvalue weighted by Crippen LogP contribution is -2.24. The van der Waals surface area contributed by atoms with Crippen molar-refractivity contribution in [3.05, 3.63) is 40.8 Å². The summed E-state index contributed by atoms with van der Waals surface area (Å²) in [4.78, 5) is 23.3. The van der Waals surface area contributed by atoms with Crippen molar-refractivity contribution in [3.8, 4) is 0 Å². The standard InChI is InChI=1S/C15H17N5O5/c21-6-10-9(22)4-11(25-10)20-7-17-12-13(20)18-15(19-14(12)23)16-5-8-2-1-3-24-8/h1-3,7,9-11,21-22H,4-6H2,(H2,16,18,19,23)/t9?,10-,11-/m1/s1. The lowest BCUT2D eigenvalue weighted by atomic mass is 10.2. The van der Waals surface area contributed by atoms with Crippen molar-refractivity contribution >= 4 is 17.1 Å². The van der Waals surface area contributed by atoms with E-state index in [1.807, 2.05) is 0 Å². The third-order valence-corrected chi connectivity index (χ3v) is 4.14. The zero-order valence-electron chi connectivity index (χ0n) is 13.1. The maximum absolute atomic E-state index is 12.2. The molecule has 3 atom stereocenters. The minimum Gasteiger partial charge on any atom is -0.467 e. The van der Waals surface area contributed by atoms with Crippen LogP contribution in [0.2, 0.25) is 0 Å². The van der Waals surface area contributed by atoms with Crippen LogP contribution in [0.4, 0.5) is 5.95 Å². The number of nitrogens with one attached hydrogen (secondary N) is 2. The molecule has 1 unspecified atom stereocenters. The highest BCUT2D eigenvalue weighted by Crippen LogP contribution is 2.30. The van der Waals surface area contributed by atoms with Crippen LogP contribution in [-0.2, 0) is 11.3 Å². The van der Waals surface area contributed by atoms with Gasteiger partial charge >= 0.3 is 0 Å². The van der Waals surface area contributed by atoms with Gasteiger partial charge in [-0.1, -0.05) is 0 Å². The second-order valence-electron chi connectivity index (χ2n) is 5.79. The Bertz CT molecular complexity index is 918. The summed E-state index contributed by atoms with van der Waals surface area (Å²) in [5.74, 6) is 0.970. The first kappa shape index (κ1) is 15.8. The topological polar surface area (TPSA) is 138 Å². The predicted molar refractivity (Wildman–Crippen MR) is 85.8 cm³/mol. The van der Waals surface area contributed by atoms with E-state index >= 15 is 0 Å². The van der Waals surface area contributed by atoms with Gasteiger partial charge in [0.2, 0.25) is 5.95 Å². The van der Waals surface area contributed by atoms with Gasteiger partial charge in [0.1, 0.15) is 18.1 Å². The Balaban J connectivity index is 1.64. The summed E-state index contributed by atoms with van der Waals surface area (Å²) in [5, 5.41) is 22.1. The average Bonchev–Trinajstić information content (AvgIpc) is 3.32. The van der Waals surface area contributed by atoms with Crippen LogP contribution in [0.3, 0.4) is 0 Å². The molecule has 0 bridgehead atoms. The Morgan fingerprint density at radius 2 is 2.36 bits per heavy atom. The van der Waals surface area contributed by atoms with Crippen molar-refractivity contribution < 1.29 is 19.4 Å². The fourth-order valence-corrected chi connectivity index (χ4v) is 2.85. The zero-order valence-corrected chi connectivity index (χ0v) is 13.1. The SMILES string of the molecule is O=c1[nH]c(NCc2ccco2)nc2c1ncn2[C@H]1CC(O)[C@@H](CO)O1. The van der Waals surface area contributed by atoms with Gasteiger partial charge in [-0.2, -0.15) is 4.98 Å². The number of aliphatic hydroxyl groups excluding tert-OH is 2. The molecule has 0 saturated carbocycles. The molecule has 4 heterocycles. The quantitative estimate of drug-likeness (QED) is 0.504. The van der Waals surface area contributed by atoms with E-state index < -0.39 is 18.4 Å². The molecule has 1 aliphatic heterocycles. The van der Waals surface area contributed by atoms with Crippen LogP contribution in [0.25, 0.3) is 11.2 Å². The summed E-state index contributed by atoms with van der Waals surface area (Å²) in [6, 6.07) is 3.57. The van der Waals surface area contributed by atoms with Gasteiger partial charge in [0, 0.05) is 6.42 Å². The Morgan fingerprint density at radius 1 is 1.48 bits per heavy atom. The second kappa shape index (κ2) is 6.31. The van der Waals surface area contributed by atoms with Crippen molar-refractivity contribution in [1.82, 2.24) is 19.5 Å². The van der Waals surface area contributed by atoms with E-state index in [0.29, 0.717) is 18.0 Å². The Kier molecular flexibility index (Phi) is 3.99. The Hall–Kier alpha value is -2.69. The number of nitrogens with zero attached hydrogens (tertiary/aromatic N) is 3. The molecule has 1 fully saturated rings. The molecule has 0 spiro atoms. The molecule has 25 heavy (non-hydrogen) atoms. The smallest absolute Gasteiger partial charge is 0.280 e. The molecule has 0 aromatic carbocycles. The second-order valence-corrected chi connectivity index (χ2v) is 5.79. The fraction of sp³-hybridized carbons (Fsp3) is 0.400. The van der Waals surface area contributed by atoms with Gasteiger partial charge in [-0.05, 0) is 12.1 Å². The van der Waals surface area contributed by atoms with Crippen molar-refractivity contribution in [2.45, 2.75) is 31.4 Å². The average molecular weight is 347 g/mol. The lowest BCUT2D eigenvalue weighted by molar-refractivity contribution is -0.0432. The van der Waals surface area contributed by atoms with Gasteiger partial charge in [-0.15, -0.1) is 0 Å². The van der Waals surface area contributed by atoms with Crippen molar-refractivity contribution in [3.63, 3.8) is 0 Å². The van der Waals surface area contributed by atoms with Gasteiger partial charge in [0.15, 0.2) is 11.2 Å². The highest BCUT2D eigenvalue weighted by atomic mass is 16.5. The van der Waals surface area contributed by atoms with Crippen molar-refractivity contribution in [1.29, 1.82) is 0 Å². The summed E-state index contributed by atoms with van der Waals surface area (Å²) < 4.78 is 12.4. The normalized spacial score (nSPS) is 23.4. The molecule has 132 valence electrons. The molecule has 4 N–H and O–H groups in total. The van der Waals surface area contributed by atoms with Crippen molar-refractivity contribution in [2.75, 3.05) is 11.9 Å². The first-order chi connectivity index (χ1) is 12.2. The summed E-state index contributed by atoms with van der Waals surface area (Å²) in [6.07, 6.45) is 1.28. The number of fused-ring (bicyclic) bond motifs is 1. The molecule has 10 nitrogen and oxygen atoms in total. The minimum atomic E-state index is -0.786. The lowest BCUT2D eigenvalue weighted by Gasteiger charge is -2.13. The van der Waals surface area contributed by atoms with Gasteiger partial charge in [0.05, 0.1) is 31.8 Å². The molecule has 4 rings (SSSR count). The molecular formula is C15H17N5O5. The van der Waals surface area contributed by atoms with E-state index in [1.165, 1.54) is 6.33 Å². The van der Waals surface area contributed by atoms with Crippen LogP contribution in [0.5, 0.6) is 0 Å². The summed E-state index contributed by atoms with van der Waals surface area (Å²) in [5.41, 5.74) is 0.124. The molecule has 1 aliphatic rings. The molecule has 0 aliphatic carbocycles. The summed E-state index contributed by atoms with van der Waals surface area (Å²) in [7, 11) is 0. The van der Waals surface area contributed by atoms with E-state index in [9.17, 15) is 15.0 Å². The number of imidazole rings is 1. The van der Waals surface area contributed by atoms with Crippen LogP contribution in [0.1, 0.15) is 18.4 Å². The van der Waals surface area contributed by atoms with E-state index in [-0.39, 0.29) is 30.1 Å². The number of furan rings is 1. The number of aromatic amines is 1. The minimum absolute atomic E-state index is 0.175. The van der Waals surface area contributed by atoms with Crippen LogP contribution < -0.4 is 10.9 Å². The molecule has 3 aromatic heterocycles. The number of aliphatic hydroxyl groups is 2. The Morgan fingerprint density at radius 3 is 3.08 bits per heavy atom. The number of ether oxygens (including phenoxy) is 1. The van der Waals surface area contributed by atoms with E-state index in [1.54, 1.807) is 23.0 Å². The van der Waals surface area contributed by atoms with Crippen LogP contribution in [-0.4, -0.2) is 48.5 Å². The zero-order chi connectivity index (χ0) is 17.4. The molecular weight excluding hydrogens is 330 g/mol. The van der Waals surface area contributed by atoms with E-state index in [4.69, 9.17) is 9.15 Å². The van der Waals surface area contributed by atoms with Crippen molar-refractivity contribution in [2.24, 2.45) is 0 Å². The van der Waals surface area contributed by atoms with Crippen LogP contribution in [0.15, 0.2) is 33.9 Å². The predicted octanol–water partition coefficient (Wildman–Crippen LogP) is -0.0346. The molecule has 10 heteroatoms. The van der Waals surface area contributed by atoms with Gasteiger partial charge in [0.25, 0.3) is 5.56 Å². The van der Waals surface area contributed by atoms with Crippen LogP contribution in [0, 0.1) is 0 Å². The third-order valence-electron chi connectivity index (χ3n) is 4.14. The summed E-state index contributed by atoms with van der Waals surface area (Å²) >= 11 is 0. The number of aromatic nitrogens is 4. The largest absolute Gasteiger partial charge is 0.467 e. The number of anilines is 1. The maximum atomic E-state index is 12.2. The van der Waals surface area contributed by atoms with Gasteiger partial charge < -0.3 is 24.7 Å². The monoisotopic (exact) mass is 347 g/mol. The Labute approximate surface area is 141 Å². The first-order valence-electron chi connectivity index (χ1n) is 7.83. The highest BCUT2D eigenvalue weighted by molar-refractivity contribution is 5.70. The molecule has 0 radical (unpaired) electrons. The maximum Gasteiger partial charge on any atom is 0.280 e. The number of hydrogen-bond acceptors (Lipinski definition) is 8. The first-order valence-corrected chi connectivity index (χ1v) is 7.83. The van der Waals surface area contributed by atoms with Gasteiger partial charge in [-0.3, -0.25) is 14.3 Å². The highest BCUT2D eigenvalue weighted by Gasteiger charge is 2.35. The van der Waals surface area contributed by atoms with Crippen LogP contribution >= 0.6 is 0 Å². The van der Waals surface area contributed by atoms with Gasteiger partial charge in [-0.25, -0.2) is 4.98 Å². The fourth-order valence-electron chi connectivity index (χ4n) is 2.85. The molecule has 0 amide bonds. The third kappa shape index (κ3) is 2.90. The molecule has 1 saturated heterocycles. The molecule has 3 aromatic rings. The van der Waals surface area contributed by atoms with E-state index in [2.05, 4.69) is 20.3 Å². The number of hydrogen-bond donors (Lipinski definition) is 4.